The first-order chi connectivity index (χ1) is 58.8. The van der Waals surface area contributed by atoms with Crippen LogP contribution in [0, 0.1) is 11.8 Å². The minimum absolute atomic E-state index is 0.316. The average Bonchev–Trinajstić information content (AvgIpc) is 1.55. The smallest absolute Gasteiger partial charge is 0.399 e. The zero-order valence-electron chi connectivity index (χ0n) is 67.1. The first kappa shape index (κ1) is 74.2. The van der Waals surface area contributed by atoms with Crippen molar-refractivity contribution in [3.8, 4) is 96.3 Å². The molecule has 0 bridgehead atoms. The van der Waals surface area contributed by atoms with E-state index in [1.54, 1.807) is 0 Å². The molecule has 0 N–H and O–H groups in total. The van der Waals surface area contributed by atoms with Crippen LogP contribution in [-0.2, 0) is 35.0 Å². The maximum Gasteiger partial charge on any atom is 0.494 e. The molecular weight excluding hydrogens is 1530 g/mol. The van der Waals surface area contributed by atoms with Crippen LogP contribution in [0.5, 0.6) is 0 Å². The van der Waals surface area contributed by atoms with Crippen molar-refractivity contribution >= 4 is 71.9 Å². The van der Waals surface area contributed by atoms with Crippen LogP contribution in [0.1, 0.15) is 83.7 Å². The van der Waals surface area contributed by atoms with Gasteiger partial charge in [-0.05, 0) is 195 Å². The summed E-state index contributed by atoms with van der Waals surface area (Å²) in [5.74, 6) is 5.44. The van der Waals surface area contributed by atoms with Gasteiger partial charge in [0.2, 0.25) is 0 Å². The second kappa shape index (κ2) is 30.8. The molecule has 2 unspecified atom stereocenters. The van der Waals surface area contributed by atoms with Crippen molar-refractivity contribution in [1.29, 1.82) is 0 Å². The van der Waals surface area contributed by atoms with Gasteiger partial charge >= 0.3 is 7.12 Å². The van der Waals surface area contributed by atoms with E-state index in [4.69, 9.17) is 39.2 Å². The quantitative estimate of drug-likeness (QED) is 0.125. The number of halogens is 1. The van der Waals surface area contributed by atoms with Gasteiger partial charge in [-0.2, -0.15) is 0 Å². The SMILES string of the molecule is BrC1=CC2Cc3cc4ccc(C5c6ccccc6-c6ccccc65)cc4cc3CC2C=C1.CC1(C)OB(c2cccc(-c3nc(-c4ccccc4)nc(-c4ccccc4)n3)c2)OC1(C)C.c1ccc(-c2nc(-c3ccccc3)nc(-c3cccc(-c4ccc5c(c4)Cc4cc6ccc(-n7c8ccccc8c8ccccc87)cc6cc4C5)c3)n2)cc1. The number of aromatic nitrogens is 7. The lowest BCUT2D eigenvalue weighted by Crippen LogP contribution is -2.41. The minimum atomic E-state index is -0.445. The maximum atomic E-state index is 6.25. The van der Waals surface area contributed by atoms with Crippen molar-refractivity contribution in [1.82, 2.24) is 34.5 Å². The van der Waals surface area contributed by atoms with Gasteiger partial charge in [0, 0.05) is 60.2 Å². The summed E-state index contributed by atoms with van der Waals surface area (Å²) in [6.07, 6.45) is 11.1. The van der Waals surface area contributed by atoms with Crippen LogP contribution in [0.4, 0.5) is 0 Å². The first-order valence-corrected chi connectivity index (χ1v) is 42.3. The van der Waals surface area contributed by atoms with E-state index >= 15 is 0 Å². The van der Waals surface area contributed by atoms with Crippen molar-refractivity contribution in [2.75, 3.05) is 0 Å². The highest BCUT2D eigenvalue weighted by Crippen LogP contribution is 2.49. The molecule has 11 heteroatoms. The van der Waals surface area contributed by atoms with Crippen LogP contribution in [0.3, 0.4) is 0 Å². The molecule has 1 fully saturated rings. The summed E-state index contributed by atoms with van der Waals surface area (Å²) in [5.41, 5.74) is 27.5. The van der Waals surface area contributed by atoms with Crippen molar-refractivity contribution in [3.63, 3.8) is 0 Å². The Kier molecular flexibility index (Phi) is 19.0. The molecule has 2 atom stereocenters. The largest absolute Gasteiger partial charge is 0.494 e. The Morgan fingerprint density at radius 1 is 0.333 bits per heavy atom. The summed E-state index contributed by atoms with van der Waals surface area (Å²) in [7, 11) is -0.445. The molecule has 0 saturated carbocycles. The van der Waals surface area contributed by atoms with Crippen LogP contribution in [0.25, 0.3) is 140 Å². The second-order valence-corrected chi connectivity index (χ2v) is 34.1. The van der Waals surface area contributed by atoms with Crippen molar-refractivity contribution in [2.24, 2.45) is 11.8 Å². The van der Waals surface area contributed by atoms with Crippen molar-refractivity contribution in [2.45, 2.75) is 70.5 Å². The highest BCUT2D eigenvalue weighted by atomic mass is 79.9. The molecule has 120 heavy (non-hydrogen) atoms. The maximum absolute atomic E-state index is 6.25. The highest BCUT2D eigenvalue weighted by molar-refractivity contribution is 9.11. The van der Waals surface area contributed by atoms with Gasteiger partial charge in [0.1, 0.15) is 0 Å². The molecule has 0 amide bonds. The molecule has 23 rings (SSSR count). The fourth-order valence-corrected chi connectivity index (χ4v) is 18.8. The predicted octanol–water partition coefficient (Wildman–Crippen LogP) is 25.6. The number of benzene rings is 15. The fraction of sp³-hybridized carbons (Fsp3) is 0.119. The predicted molar refractivity (Wildman–Crippen MR) is 495 cm³/mol. The third-order valence-corrected chi connectivity index (χ3v) is 25.7. The van der Waals surface area contributed by atoms with E-state index in [1.165, 1.54) is 120 Å². The third kappa shape index (κ3) is 14.2. The molecule has 4 heterocycles. The van der Waals surface area contributed by atoms with E-state index in [2.05, 4.69) is 267 Å². The molecule has 4 aliphatic carbocycles. The average molecular weight is 1610 g/mol. The van der Waals surface area contributed by atoms with Gasteiger partial charge in [-0.1, -0.05) is 350 Å². The summed E-state index contributed by atoms with van der Waals surface area (Å²) >= 11 is 3.67. The number of allylic oxidation sites excluding steroid dienone is 4. The Bertz CT molecular complexity index is 6880. The molecule has 18 aromatic rings. The fourth-order valence-electron chi connectivity index (χ4n) is 18.3. The topological polar surface area (TPSA) is 101 Å². The lowest BCUT2D eigenvalue weighted by atomic mass is 9.73. The molecule has 15 aromatic carbocycles. The van der Waals surface area contributed by atoms with E-state index < -0.39 is 18.3 Å². The molecule has 3 aromatic heterocycles. The van der Waals surface area contributed by atoms with E-state index in [0.717, 1.165) is 70.1 Å². The molecule has 1 aliphatic heterocycles. The summed E-state index contributed by atoms with van der Waals surface area (Å²) in [6.45, 7) is 8.23. The normalized spacial score (nSPS) is 15.8. The summed E-state index contributed by atoms with van der Waals surface area (Å²) in [4.78, 5) is 29.2. The van der Waals surface area contributed by atoms with Crippen LogP contribution >= 0.6 is 15.9 Å². The molecule has 5 aliphatic rings. The summed E-state index contributed by atoms with van der Waals surface area (Å²) in [5, 5.41) is 7.85. The van der Waals surface area contributed by atoms with Crippen LogP contribution in [0.2, 0.25) is 0 Å². The molecule has 576 valence electrons. The van der Waals surface area contributed by atoms with Crippen molar-refractivity contribution < 1.29 is 9.31 Å². The molecule has 0 spiro atoms. The summed E-state index contributed by atoms with van der Waals surface area (Å²) < 4.78 is 16.1. The summed E-state index contributed by atoms with van der Waals surface area (Å²) in [6, 6.07) is 123. The van der Waals surface area contributed by atoms with Gasteiger partial charge in [0.25, 0.3) is 0 Å². The van der Waals surface area contributed by atoms with Gasteiger partial charge in [0.05, 0.1) is 22.2 Å². The zero-order valence-corrected chi connectivity index (χ0v) is 68.7. The van der Waals surface area contributed by atoms with E-state index in [-0.39, 0.29) is 0 Å². The number of hydrogen-bond donors (Lipinski definition) is 0. The highest BCUT2D eigenvalue weighted by Gasteiger charge is 2.52. The zero-order chi connectivity index (χ0) is 80.6. The molecule has 1 saturated heterocycles. The van der Waals surface area contributed by atoms with Gasteiger partial charge in [-0.25, -0.2) is 29.9 Å². The third-order valence-electron chi connectivity index (χ3n) is 25.2. The van der Waals surface area contributed by atoms with Crippen LogP contribution in [0.15, 0.2) is 368 Å². The number of rotatable bonds is 10. The Balaban J connectivity index is 0.000000118. The van der Waals surface area contributed by atoms with Gasteiger partial charge in [0.15, 0.2) is 34.9 Å². The molecule has 0 radical (unpaired) electrons. The molecular formula is C109H83BBrN7O2. The standard InChI is InChI=1S/C51H34N4.C31H23Br.C27H26BN3O2/c1-3-12-33(13-4-1)49-52-50(34-14-5-2-6-15-34)54-51(53-49)39-17-11-16-35(26-39)36-22-23-37-28-42-31-43-32-44(25-24-38(43)29-41(42)30-40(37)27-36)55-47-20-9-7-18-45(47)46-19-8-10-21-48(46)55;32-26-12-11-20-14-23-16-22-15-21(10-9-19(22)13-24(23)17-25(20)18-26)31-29-7-3-1-5-27(29)28-6-2-4-8-30(28)31;1-26(2)27(3,4)33-28(32-26)22-17-11-16-21(18-22)25-30-23(19-12-7-5-8-13-19)29-24(31-25)20-14-9-6-10-15-20/h1-27,29,31-32H,28,30H2;1-13,15-16,18,20,25,31H,14,17H2;5-18H,1-4H3. The van der Waals surface area contributed by atoms with Crippen LogP contribution < -0.4 is 5.46 Å². The van der Waals surface area contributed by atoms with Crippen LogP contribution in [-0.4, -0.2) is 52.8 Å². The van der Waals surface area contributed by atoms with E-state index in [1.807, 2.05) is 146 Å². The van der Waals surface area contributed by atoms with Crippen molar-refractivity contribution in [3.05, 3.63) is 419 Å². The molecule has 9 nitrogen and oxygen atoms in total. The number of hydrogen-bond acceptors (Lipinski definition) is 8. The minimum Gasteiger partial charge on any atom is -0.399 e. The number of para-hydroxylation sites is 2. The van der Waals surface area contributed by atoms with Gasteiger partial charge in [-0.15, -0.1) is 0 Å². The van der Waals surface area contributed by atoms with E-state index in [9.17, 15) is 0 Å². The Morgan fingerprint density at radius 3 is 1.32 bits per heavy atom. The Hall–Kier alpha value is -13.4. The lowest BCUT2D eigenvalue weighted by Gasteiger charge is -2.32. The Morgan fingerprint density at radius 2 is 0.750 bits per heavy atom. The lowest BCUT2D eigenvalue weighted by molar-refractivity contribution is 0.00578. The second-order valence-electron chi connectivity index (χ2n) is 33.2. The Labute approximate surface area is 707 Å². The number of fused-ring (bicyclic) bond motifs is 12. The first-order valence-electron chi connectivity index (χ1n) is 41.5. The van der Waals surface area contributed by atoms with Gasteiger partial charge < -0.3 is 13.9 Å². The number of nitrogens with zero attached hydrogens (tertiary/aromatic N) is 7. The van der Waals surface area contributed by atoms with Gasteiger partial charge in [-0.3, -0.25) is 0 Å². The van der Waals surface area contributed by atoms with E-state index in [0.29, 0.717) is 52.7 Å². The monoisotopic (exact) mass is 1610 g/mol.